The van der Waals surface area contributed by atoms with Crippen molar-refractivity contribution in [3.05, 3.63) is 10.6 Å². The first-order valence-electron chi connectivity index (χ1n) is 7.97. The van der Waals surface area contributed by atoms with Gasteiger partial charge in [-0.1, -0.05) is 11.3 Å². The molecule has 0 spiro atoms. The molecule has 0 unspecified atom stereocenters. The summed E-state index contributed by atoms with van der Waals surface area (Å²) in [5.41, 5.74) is 5.75. The fourth-order valence-electron chi connectivity index (χ4n) is 2.59. The minimum atomic E-state index is -0.993. The Labute approximate surface area is 139 Å². The normalized spacial score (nSPS) is 19.5. The van der Waals surface area contributed by atoms with Crippen LogP contribution < -0.4 is 10.6 Å². The van der Waals surface area contributed by atoms with Crippen LogP contribution in [0, 0.1) is 5.92 Å². The maximum absolute atomic E-state index is 11.6. The minimum absolute atomic E-state index is 0.186. The van der Waals surface area contributed by atoms with Crippen LogP contribution in [0.5, 0.6) is 0 Å². The number of nitrogens with zero attached hydrogens (tertiary/aromatic N) is 4. The van der Waals surface area contributed by atoms with E-state index < -0.39 is 5.97 Å². The summed E-state index contributed by atoms with van der Waals surface area (Å²) in [4.78, 5) is 27.0. The van der Waals surface area contributed by atoms with Crippen molar-refractivity contribution in [1.82, 2.24) is 4.98 Å². The summed E-state index contributed by atoms with van der Waals surface area (Å²) in [7, 11) is 0. The Balaban J connectivity index is 1.92. The standard InChI is InChI=1S/C15H21N5O2S/c16-9-18-13(17-8-10-4-5-10)11-12(14(21)22)23-15(19-11)20-6-2-1-3-7-20/h9-10H,1-8H2,(H,21,22)(H2,16,17,18). The van der Waals surface area contributed by atoms with Gasteiger partial charge in [0.1, 0.15) is 10.6 Å². The fourth-order valence-corrected chi connectivity index (χ4v) is 3.54. The zero-order valence-corrected chi connectivity index (χ0v) is 13.8. The summed E-state index contributed by atoms with van der Waals surface area (Å²) in [5, 5.41) is 10.2. The van der Waals surface area contributed by atoms with E-state index in [1.807, 2.05) is 0 Å². The molecule has 0 aromatic carbocycles. The number of anilines is 1. The van der Waals surface area contributed by atoms with E-state index in [-0.39, 0.29) is 4.88 Å². The van der Waals surface area contributed by atoms with Crippen molar-refractivity contribution >= 4 is 34.6 Å². The highest BCUT2D eigenvalue weighted by Gasteiger charge is 2.26. The van der Waals surface area contributed by atoms with Crippen LogP contribution in [0.25, 0.3) is 0 Å². The van der Waals surface area contributed by atoms with E-state index in [1.165, 1.54) is 30.6 Å². The SMILES string of the molecule is NC=NC(=NCC1CC1)c1nc(N2CCCCC2)sc1C(=O)O. The van der Waals surface area contributed by atoms with Crippen molar-refractivity contribution in [1.29, 1.82) is 0 Å². The van der Waals surface area contributed by atoms with Gasteiger partial charge >= 0.3 is 5.97 Å². The number of aromatic carboxylic acids is 1. The summed E-state index contributed by atoms with van der Waals surface area (Å²) < 4.78 is 0. The summed E-state index contributed by atoms with van der Waals surface area (Å²) in [5.74, 6) is -0.0742. The van der Waals surface area contributed by atoms with Crippen LogP contribution in [0.1, 0.15) is 47.5 Å². The summed E-state index contributed by atoms with van der Waals surface area (Å²) in [6.45, 7) is 2.49. The molecule has 23 heavy (non-hydrogen) atoms. The van der Waals surface area contributed by atoms with Crippen LogP contribution in [0.2, 0.25) is 0 Å². The van der Waals surface area contributed by atoms with Crippen molar-refractivity contribution in [2.24, 2.45) is 21.6 Å². The molecule has 0 amide bonds. The van der Waals surface area contributed by atoms with Crippen LogP contribution in [-0.4, -0.2) is 47.9 Å². The third-order valence-electron chi connectivity index (χ3n) is 4.04. The van der Waals surface area contributed by atoms with Gasteiger partial charge in [-0.15, -0.1) is 0 Å². The van der Waals surface area contributed by atoms with Gasteiger partial charge in [-0.3, -0.25) is 4.99 Å². The number of carboxylic acid groups (broad SMARTS) is 1. The fraction of sp³-hybridized carbons (Fsp3) is 0.600. The molecule has 3 rings (SSSR count). The average Bonchev–Trinajstić information content (AvgIpc) is 3.28. The third-order valence-corrected chi connectivity index (χ3v) is 5.15. The molecule has 1 aromatic heterocycles. The Morgan fingerprint density at radius 2 is 2.13 bits per heavy atom. The largest absolute Gasteiger partial charge is 0.477 e. The molecule has 1 saturated carbocycles. The van der Waals surface area contributed by atoms with Crippen LogP contribution in [0.3, 0.4) is 0 Å². The Bertz CT molecular complexity index is 630. The van der Waals surface area contributed by atoms with E-state index in [2.05, 4.69) is 19.9 Å². The Hall–Kier alpha value is -1.96. The van der Waals surface area contributed by atoms with E-state index in [1.54, 1.807) is 0 Å². The molecule has 1 aliphatic heterocycles. The predicted molar refractivity (Wildman–Crippen MR) is 91.9 cm³/mol. The van der Waals surface area contributed by atoms with Gasteiger partial charge in [-0.2, -0.15) is 0 Å². The average molecular weight is 335 g/mol. The molecule has 1 saturated heterocycles. The number of hydrogen-bond donors (Lipinski definition) is 2. The van der Waals surface area contributed by atoms with Gasteiger partial charge in [0, 0.05) is 19.6 Å². The quantitative estimate of drug-likeness (QED) is 0.632. The monoisotopic (exact) mass is 335 g/mol. The van der Waals surface area contributed by atoms with Gasteiger partial charge in [-0.05, 0) is 38.0 Å². The first-order valence-corrected chi connectivity index (χ1v) is 8.79. The van der Waals surface area contributed by atoms with Crippen molar-refractivity contribution in [3.8, 4) is 0 Å². The van der Waals surface area contributed by atoms with Gasteiger partial charge in [-0.25, -0.2) is 14.8 Å². The number of carboxylic acids is 1. The molecule has 2 heterocycles. The highest BCUT2D eigenvalue weighted by Crippen LogP contribution is 2.31. The maximum Gasteiger partial charge on any atom is 0.348 e. The number of hydrogen-bond acceptors (Lipinski definition) is 5. The first-order chi connectivity index (χ1) is 11.2. The van der Waals surface area contributed by atoms with E-state index in [9.17, 15) is 9.90 Å². The number of aliphatic imine (C=N–C) groups is 2. The number of carbonyl (C=O) groups is 1. The number of aromatic nitrogens is 1. The number of amidine groups is 1. The van der Waals surface area contributed by atoms with Crippen molar-refractivity contribution in [2.45, 2.75) is 32.1 Å². The van der Waals surface area contributed by atoms with Crippen molar-refractivity contribution in [2.75, 3.05) is 24.5 Å². The molecule has 0 bridgehead atoms. The number of rotatable bonds is 5. The second-order valence-corrected chi connectivity index (χ2v) is 6.89. The topological polar surface area (TPSA) is 104 Å². The lowest BCUT2D eigenvalue weighted by atomic mass is 10.1. The van der Waals surface area contributed by atoms with E-state index in [0.29, 0.717) is 24.0 Å². The zero-order chi connectivity index (χ0) is 16.2. The number of thiazole rings is 1. The molecule has 2 fully saturated rings. The number of nitrogens with two attached hydrogens (primary N) is 1. The third kappa shape index (κ3) is 3.87. The smallest absolute Gasteiger partial charge is 0.348 e. The highest BCUT2D eigenvalue weighted by atomic mass is 32.1. The minimum Gasteiger partial charge on any atom is -0.477 e. The van der Waals surface area contributed by atoms with E-state index >= 15 is 0 Å². The Kier molecular flexibility index (Phi) is 4.90. The molecule has 2 aliphatic rings. The molecular formula is C15H21N5O2S. The predicted octanol–water partition coefficient (Wildman–Crippen LogP) is 1.98. The molecule has 3 N–H and O–H groups in total. The molecule has 8 heteroatoms. The lowest BCUT2D eigenvalue weighted by Gasteiger charge is -2.25. The van der Waals surface area contributed by atoms with Gasteiger partial charge in [0.15, 0.2) is 11.0 Å². The maximum atomic E-state index is 11.6. The van der Waals surface area contributed by atoms with Gasteiger partial charge in [0.25, 0.3) is 0 Å². The van der Waals surface area contributed by atoms with Crippen LogP contribution in [0.15, 0.2) is 9.98 Å². The van der Waals surface area contributed by atoms with Crippen LogP contribution in [0.4, 0.5) is 5.13 Å². The van der Waals surface area contributed by atoms with E-state index in [4.69, 9.17) is 5.73 Å². The Morgan fingerprint density at radius 3 is 2.74 bits per heavy atom. The van der Waals surface area contributed by atoms with Gasteiger partial charge in [0.05, 0.1) is 6.34 Å². The lowest BCUT2D eigenvalue weighted by Crippen LogP contribution is -2.29. The highest BCUT2D eigenvalue weighted by molar-refractivity contribution is 7.17. The van der Waals surface area contributed by atoms with E-state index in [0.717, 1.165) is 37.4 Å². The zero-order valence-electron chi connectivity index (χ0n) is 12.9. The van der Waals surface area contributed by atoms with Crippen molar-refractivity contribution in [3.63, 3.8) is 0 Å². The molecule has 1 aliphatic carbocycles. The number of piperidine rings is 1. The van der Waals surface area contributed by atoms with Crippen molar-refractivity contribution < 1.29 is 9.90 Å². The second-order valence-electron chi connectivity index (χ2n) is 5.91. The summed E-state index contributed by atoms with van der Waals surface area (Å²) >= 11 is 1.20. The summed E-state index contributed by atoms with van der Waals surface area (Å²) in [6, 6.07) is 0. The lowest BCUT2D eigenvalue weighted by molar-refractivity contribution is 0.0701. The van der Waals surface area contributed by atoms with Gasteiger partial charge in [0.2, 0.25) is 0 Å². The molecule has 0 radical (unpaired) electrons. The van der Waals surface area contributed by atoms with Crippen LogP contribution >= 0.6 is 11.3 Å². The second kappa shape index (κ2) is 7.08. The van der Waals surface area contributed by atoms with Gasteiger partial charge < -0.3 is 15.7 Å². The molecule has 124 valence electrons. The molecule has 7 nitrogen and oxygen atoms in total. The Morgan fingerprint density at radius 1 is 1.39 bits per heavy atom. The molecule has 0 atom stereocenters. The first kappa shape index (κ1) is 15.9. The molecule has 1 aromatic rings. The summed E-state index contributed by atoms with van der Waals surface area (Å²) in [6.07, 6.45) is 6.93. The molecular weight excluding hydrogens is 314 g/mol. The van der Waals surface area contributed by atoms with Crippen LogP contribution in [-0.2, 0) is 0 Å².